The number of hydrogen-bond donors (Lipinski definition) is 2. The van der Waals surface area contributed by atoms with E-state index in [2.05, 4.69) is 15.2 Å². The maximum Gasteiger partial charge on any atom is 0.416 e. The van der Waals surface area contributed by atoms with Gasteiger partial charge in [0.25, 0.3) is 0 Å². The van der Waals surface area contributed by atoms with E-state index in [-0.39, 0.29) is 18.9 Å². The zero-order valence-corrected chi connectivity index (χ0v) is 16.2. The molecular weight excluding hydrogens is 375 g/mol. The zero-order valence-electron chi connectivity index (χ0n) is 16.2. The second kappa shape index (κ2) is 10.5. The molecule has 2 rings (SSSR count). The molecule has 1 aromatic rings. The van der Waals surface area contributed by atoms with E-state index >= 15 is 0 Å². The summed E-state index contributed by atoms with van der Waals surface area (Å²) in [6, 6.07) is 4.38. The summed E-state index contributed by atoms with van der Waals surface area (Å²) >= 11 is 0. The molecule has 2 unspecified atom stereocenters. The SMILES string of the molecule is CCNC(=NCC(O)COc1ccc(C(F)(F)F)cc1)N1CCC(COC)C1. The summed E-state index contributed by atoms with van der Waals surface area (Å²) in [7, 11) is 1.69. The summed E-state index contributed by atoms with van der Waals surface area (Å²) in [5.74, 6) is 1.46. The van der Waals surface area contributed by atoms with Gasteiger partial charge in [-0.2, -0.15) is 13.2 Å². The number of benzene rings is 1. The predicted octanol–water partition coefficient (Wildman–Crippen LogP) is 2.38. The molecular formula is C19H28F3N3O3. The first kappa shape index (κ1) is 22.3. The summed E-state index contributed by atoms with van der Waals surface area (Å²) in [6.07, 6.45) is -4.22. The topological polar surface area (TPSA) is 66.3 Å². The smallest absolute Gasteiger partial charge is 0.416 e. The molecule has 2 atom stereocenters. The minimum absolute atomic E-state index is 0.0550. The van der Waals surface area contributed by atoms with Crippen molar-refractivity contribution in [2.24, 2.45) is 10.9 Å². The lowest BCUT2D eigenvalue weighted by molar-refractivity contribution is -0.137. The third-order valence-electron chi connectivity index (χ3n) is 4.40. The molecule has 0 radical (unpaired) electrons. The van der Waals surface area contributed by atoms with Crippen molar-refractivity contribution in [3.05, 3.63) is 29.8 Å². The number of likely N-dealkylation sites (tertiary alicyclic amines) is 1. The Morgan fingerprint density at radius 1 is 1.36 bits per heavy atom. The number of guanidine groups is 1. The van der Waals surface area contributed by atoms with Crippen LogP contribution < -0.4 is 10.1 Å². The van der Waals surface area contributed by atoms with E-state index in [9.17, 15) is 18.3 Å². The molecule has 0 spiro atoms. The van der Waals surface area contributed by atoms with Crippen molar-refractivity contribution in [1.82, 2.24) is 10.2 Å². The Labute approximate surface area is 163 Å². The first-order chi connectivity index (χ1) is 13.3. The summed E-state index contributed by atoms with van der Waals surface area (Å²) < 4.78 is 48.2. The highest BCUT2D eigenvalue weighted by Crippen LogP contribution is 2.30. The molecule has 1 aliphatic heterocycles. The van der Waals surface area contributed by atoms with Gasteiger partial charge in [-0.25, -0.2) is 0 Å². The number of hydrogen-bond acceptors (Lipinski definition) is 4. The average molecular weight is 403 g/mol. The van der Waals surface area contributed by atoms with Gasteiger partial charge in [0.2, 0.25) is 0 Å². The zero-order chi connectivity index (χ0) is 20.6. The molecule has 0 saturated carbocycles. The fourth-order valence-electron chi connectivity index (χ4n) is 3.00. The Kier molecular flexibility index (Phi) is 8.37. The van der Waals surface area contributed by atoms with Crippen LogP contribution in [0.4, 0.5) is 13.2 Å². The van der Waals surface area contributed by atoms with E-state index in [0.29, 0.717) is 19.1 Å². The normalized spacial score (nSPS) is 19.0. The van der Waals surface area contributed by atoms with E-state index in [1.54, 1.807) is 7.11 Å². The fourth-order valence-corrected chi connectivity index (χ4v) is 3.00. The first-order valence-electron chi connectivity index (χ1n) is 9.33. The molecule has 1 saturated heterocycles. The molecule has 6 nitrogen and oxygen atoms in total. The third kappa shape index (κ3) is 6.87. The Bertz CT molecular complexity index is 623. The van der Waals surface area contributed by atoms with Crippen LogP contribution in [0, 0.1) is 5.92 Å². The number of alkyl halides is 3. The number of aliphatic hydroxyl groups is 1. The van der Waals surface area contributed by atoms with Crippen molar-refractivity contribution in [1.29, 1.82) is 0 Å². The number of ether oxygens (including phenoxy) is 2. The lowest BCUT2D eigenvalue weighted by atomic mass is 10.1. The summed E-state index contributed by atoms with van der Waals surface area (Å²) in [5, 5.41) is 13.3. The van der Waals surface area contributed by atoms with Crippen molar-refractivity contribution in [3.8, 4) is 5.75 Å². The fraction of sp³-hybridized carbons (Fsp3) is 0.632. The Hall–Kier alpha value is -2.00. The van der Waals surface area contributed by atoms with Gasteiger partial charge in [-0.05, 0) is 37.6 Å². The molecule has 1 aliphatic rings. The van der Waals surface area contributed by atoms with Crippen LogP contribution in [0.25, 0.3) is 0 Å². The van der Waals surface area contributed by atoms with Crippen molar-refractivity contribution in [2.45, 2.75) is 25.6 Å². The Balaban J connectivity index is 1.84. The van der Waals surface area contributed by atoms with E-state index in [1.165, 1.54) is 12.1 Å². The van der Waals surface area contributed by atoms with Crippen molar-refractivity contribution >= 4 is 5.96 Å². The molecule has 28 heavy (non-hydrogen) atoms. The van der Waals surface area contributed by atoms with Gasteiger partial charge < -0.3 is 24.8 Å². The van der Waals surface area contributed by atoms with Crippen LogP contribution >= 0.6 is 0 Å². The molecule has 1 heterocycles. The lowest BCUT2D eigenvalue weighted by Crippen LogP contribution is -2.41. The number of nitrogens with one attached hydrogen (secondary N) is 1. The van der Waals surface area contributed by atoms with Gasteiger partial charge in [0.05, 0.1) is 18.7 Å². The van der Waals surface area contributed by atoms with Crippen molar-refractivity contribution in [3.63, 3.8) is 0 Å². The quantitative estimate of drug-likeness (QED) is 0.515. The van der Waals surface area contributed by atoms with Gasteiger partial charge in [-0.1, -0.05) is 0 Å². The van der Waals surface area contributed by atoms with Crippen molar-refractivity contribution in [2.75, 3.05) is 46.5 Å². The highest BCUT2D eigenvalue weighted by molar-refractivity contribution is 5.80. The Morgan fingerprint density at radius 3 is 2.68 bits per heavy atom. The van der Waals surface area contributed by atoms with Gasteiger partial charge >= 0.3 is 6.18 Å². The number of halogens is 3. The highest BCUT2D eigenvalue weighted by Gasteiger charge is 2.30. The third-order valence-corrected chi connectivity index (χ3v) is 4.40. The number of nitrogens with zero attached hydrogens (tertiary/aromatic N) is 2. The highest BCUT2D eigenvalue weighted by atomic mass is 19.4. The van der Waals surface area contributed by atoms with Crippen molar-refractivity contribution < 1.29 is 27.8 Å². The minimum atomic E-state index is -4.38. The number of methoxy groups -OCH3 is 1. The molecule has 2 N–H and O–H groups in total. The standard InChI is InChI=1S/C19H28F3N3O3/c1-3-23-18(25-9-8-14(11-25)12-27-2)24-10-16(26)13-28-17-6-4-15(5-7-17)19(20,21)22/h4-7,14,16,26H,3,8-13H2,1-2H3,(H,23,24). The molecule has 1 fully saturated rings. The molecule has 0 bridgehead atoms. The van der Waals surface area contributed by atoms with Crippen LogP contribution in [0.1, 0.15) is 18.9 Å². The van der Waals surface area contributed by atoms with Gasteiger partial charge in [0.15, 0.2) is 5.96 Å². The second-order valence-corrected chi connectivity index (χ2v) is 6.74. The first-order valence-corrected chi connectivity index (χ1v) is 9.33. The molecule has 1 aromatic carbocycles. The van der Waals surface area contributed by atoms with E-state index in [4.69, 9.17) is 9.47 Å². The van der Waals surface area contributed by atoms with E-state index < -0.39 is 17.8 Å². The average Bonchev–Trinajstić information content (AvgIpc) is 3.12. The monoisotopic (exact) mass is 403 g/mol. The molecule has 9 heteroatoms. The summed E-state index contributed by atoms with van der Waals surface area (Å²) in [4.78, 5) is 6.60. The number of aliphatic imine (C=N–C) groups is 1. The number of rotatable bonds is 8. The van der Waals surface area contributed by atoms with Gasteiger partial charge in [-0.3, -0.25) is 4.99 Å². The summed E-state index contributed by atoms with van der Waals surface area (Å²) in [5.41, 5.74) is -0.738. The maximum atomic E-state index is 12.6. The van der Waals surface area contributed by atoms with Crippen LogP contribution in [-0.2, 0) is 10.9 Å². The van der Waals surface area contributed by atoms with Crippen LogP contribution in [0.5, 0.6) is 5.75 Å². The van der Waals surface area contributed by atoms with E-state index in [0.717, 1.165) is 37.6 Å². The minimum Gasteiger partial charge on any atom is -0.491 e. The van der Waals surface area contributed by atoms with E-state index in [1.807, 2.05) is 6.92 Å². The number of aliphatic hydroxyl groups excluding tert-OH is 1. The van der Waals surface area contributed by atoms with Crippen LogP contribution in [0.15, 0.2) is 29.3 Å². The van der Waals surface area contributed by atoms with Gasteiger partial charge in [0.1, 0.15) is 18.5 Å². The second-order valence-electron chi connectivity index (χ2n) is 6.74. The maximum absolute atomic E-state index is 12.6. The lowest BCUT2D eigenvalue weighted by Gasteiger charge is -2.22. The largest absolute Gasteiger partial charge is 0.491 e. The Morgan fingerprint density at radius 2 is 2.07 bits per heavy atom. The molecule has 158 valence electrons. The van der Waals surface area contributed by atoms with Crippen LogP contribution in [-0.4, -0.2) is 68.6 Å². The van der Waals surface area contributed by atoms with Gasteiger partial charge in [0, 0.05) is 32.7 Å². The molecule has 0 aliphatic carbocycles. The molecule has 0 aromatic heterocycles. The molecule has 0 amide bonds. The van der Waals surface area contributed by atoms with Crippen LogP contribution in [0.3, 0.4) is 0 Å². The predicted molar refractivity (Wildman–Crippen MR) is 100 cm³/mol. The summed E-state index contributed by atoms with van der Waals surface area (Å²) in [6.45, 7) is 5.19. The van der Waals surface area contributed by atoms with Crippen LogP contribution in [0.2, 0.25) is 0 Å². The van der Waals surface area contributed by atoms with Gasteiger partial charge in [-0.15, -0.1) is 0 Å².